The number of aromatic nitrogens is 2. The molecule has 3 rings (SSSR count). The van der Waals surface area contributed by atoms with Gasteiger partial charge in [0.15, 0.2) is 15.5 Å². The van der Waals surface area contributed by atoms with Crippen LogP contribution in [0.1, 0.15) is 23.1 Å². The molecule has 0 aliphatic heterocycles. The molecule has 0 saturated heterocycles. The van der Waals surface area contributed by atoms with Gasteiger partial charge in [0, 0.05) is 50.0 Å². The molecule has 0 fully saturated rings. The van der Waals surface area contributed by atoms with E-state index >= 15 is 0 Å². The van der Waals surface area contributed by atoms with E-state index in [1.165, 1.54) is 12.1 Å². The Morgan fingerprint density at radius 2 is 1.76 bits per heavy atom. The van der Waals surface area contributed by atoms with Gasteiger partial charge in [-0.1, -0.05) is 0 Å². The van der Waals surface area contributed by atoms with Gasteiger partial charge in [-0.05, 0) is 44.2 Å². The molecule has 9 nitrogen and oxygen atoms in total. The molecule has 0 radical (unpaired) electrons. The fraction of sp³-hybridized carbons (Fsp3) is 0.304. The Hall–Kier alpha value is -3.37. The molecule has 0 saturated carbocycles. The number of carbonyl (C=O) groups excluding carboxylic acids is 1. The van der Waals surface area contributed by atoms with E-state index < -0.39 is 9.84 Å². The van der Waals surface area contributed by atoms with Gasteiger partial charge < -0.3 is 19.5 Å². The molecule has 176 valence electrons. The van der Waals surface area contributed by atoms with Crippen molar-refractivity contribution in [3.63, 3.8) is 0 Å². The second-order valence-corrected chi connectivity index (χ2v) is 9.69. The Kier molecular flexibility index (Phi) is 7.39. The Morgan fingerprint density at radius 3 is 2.33 bits per heavy atom. The predicted molar refractivity (Wildman–Crippen MR) is 124 cm³/mol. The lowest BCUT2D eigenvalue weighted by Crippen LogP contribution is -2.18. The summed E-state index contributed by atoms with van der Waals surface area (Å²) >= 11 is 0. The average Bonchev–Trinajstić information content (AvgIpc) is 3.06. The number of aryl methyl sites for hydroxylation is 2. The minimum atomic E-state index is -3.31. The topological polar surface area (TPSA) is 109 Å². The van der Waals surface area contributed by atoms with Crippen LogP contribution >= 0.6 is 0 Å². The molecular weight excluding hydrogens is 446 g/mol. The van der Waals surface area contributed by atoms with Crippen LogP contribution in [-0.2, 0) is 21.6 Å². The molecule has 0 spiro atoms. The van der Waals surface area contributed by atoms with Crippen LogP contribution in [-0.4, -0.2) is 50.2 Å². The average molecular weight is 474 g/mol. The van der Waals surface area contributed by atoms with Crippen LogP contribution in [0, 0.1) is 6.92 Å². The SMILES string of the molecule is COC[C@H](C)Oc1cc(NC(=O)c2cc(C)n(C)n2)cc(Oc2ccc(S(C)(=O)=O)cc2)c1. The van der Waals surface area contributed by atoms with Crippen molar-refractivity contribution in [2.24, 2.45) is 7.05 Å². The molecule has 0 unspecified atom stereocenters. The van der Waals surface area contributed by atoms with E-state index in [0.717, 1.165) is 11.9 Å². The summed E-state index contributed by atoms with van der Waals surface area (Å²) in [4.78, 5) is 12.9. The number of nitrogens with zero attached hydrogens (tertiary/aromatic N) is 2. The van der Waals surface area contributed by atoms with E-state index in [9.17, 15) is 13.2 Å². The number of benzene rings is 2. The van der Waals surface area contributed by atoms with Crippen LogP contribution in [0.3, 0.4) is 0 Å². The van der Waals surface area contributed by atoms with Crippen LogP contribution in [0.15, 0.2) is 53.4 Å². The first-order chi connectivity index (χ1) is 15.5. The standard InChI is InChI=1S/C23H27N3O6S/c1-15-10-22(25-26(15)3)23(27)24-17-11-19(31-16(2)14-30-4)13-20(12-17)32-18-6-8-21(9-7-18)33(5,28)29/h6-13,16H,14H2,1-5H3,(H,24,27)/t16-/m0/s1. The molecular formula is C23H27N3O6S. The molecule has 0 aliphatic rings. The van der Waals surface area contributed by atoms with Crippen molar-refractivity contribution >= 4 is 21.4 Å². The highest BCUT2D eigenvalue weighted by Crippen LogP contribution is 2.31. The van der Waals surface area contributed by atoms with Crippen LogP contribution in [0.5, 0.6) is 17.2 Å². The minimum absolute atomic E-state index is 0.193. The largest absolute Gasteiger partial charge is 0.488 e. The van der Waals surface area contributed by atoms with Crippen LogP contribution in [0.25, 0.3) is 0 Å². The molecule has 33 heavy (non-hydrogen) atoms. The zero-order valence-corrected chi connectivity index (χ0v) is 20.0. The van der Waals surface area contributed by atoms with E-state index in [1.54, 1.807) is 55.2 Å². The first-order valence-electron chi connectivity index (χ1n) is 10.2. The number of methoxy groups -OCH3 is 1. The monoisotopic (exact) mass is 473 g/mol. The number of nitrogens with one attached hydrogen (secondary N) is 1. The van der Waals surface area contributed by atoms with E-state index in [-0.39, 0.29) is 22.6 Å². The molecule has 1 aromatic heterocycles. The van der Waals surface area contributed by atoms with E-state index in [4.69, 9.17) is 14.2 Å². The third-order valence-electron chi connectivity index (χ3n) is 4.71. The molecule has 0 bridgehead atoms. The number of anilines is 1. The molecule has 1 amide bonds. The Morgan fingerprint density at radius 1 is 1.09 bits per heavy atom. The summed E-state index contributed by atoms with van der Waals surface area (Å²) in [5, 5.41) is 7.01. The maximum Gasteiger partial charge on any atom is 0.276 e. The summed E-state index contributed by atoms with van der Waals surface area (Å²) in [5.41, 5.74) is 1.59. The van der Waals surface area contributed by atoms with E-state index in [2.05, 4.69) is 10.4 Å². The summed E-state index contributed by atoms with van der Waals surface area (Å²) in [5.74, 6) is 0.931. The lowest BCUT2D eigenvalue weighted by Gasteiger charge is -2.16. The Labute approximate surface area is 193 Å². The number of amides is 1. The van der Waals surface area contributed by atoms with Crippen LogP contribution in [0.4, 0.5) is 5.69 Å². The Bertz CT molecular complexity index is 1220. The molecule has 0 aliphatic carbocycles. The van der Waals surface area contributed by atoms with Crippen molar-refractivity contribution in [1.29, 1.82) is 0 Å². The summed E-state index contributed by atoms with van der Waals surface area (Å²) in [6.45, 7) is 4.10. The van der Waals surface area contributed by atoms with Gasteiger partial charge in [-0.2, -0.15) is 5.10 Å². The predicted octanol–water partition coefficient (Wildman–Crippen LogP) is 3.59. The molecule has 1 atom stereocenters. The third-order valence-corrected chi connectivity index (χ3v) is 5.84. The van der Waals surface area contributed by atoms with Crippen LogP contribution in [0.2, 0.25) is 0 Å². The highest BCUT2D eigenvalue weighted by Gasteiger charge is 2.14. The van der Waals surface area contributed by atoms with Crippen molar-refractivity contribution in [3.8, 4) is 17.2 Å². The summed E-state index contributed by atoms with van der Waals surface area (Å²) in [6.07, 6.45) is 0.907. The highest BCUT2D eigenvalue weighted by molar-refractivity contribution is 7.90. The number of ether oxygens (including phenoxy) is 3. The second kappa shape index (κ2) is 10.1. The number of carbonyl (C=O) groups is 1. The lowest BCUT2D eigenvalue weighted by molar-refractivity contribution is 0.0920. The van der Waals surface area contributed by atoms with Crippen molar-refractivity contribution in [2.45, 2.75) is 24.8 Å². The first-order valence-corrected chi connectivity index (χ1v) is 12.0. The molecule has 3 aromatic rings. The van der Waals surface area contributed by atoms with Gasteiger partial charge in [0.2, 0.25) is 0 Å². The van der Waals surface area contributed by atoms with Crippen LogP contribution < -0.4 is 14.8 Å². The third kappa shape index (κ3) is 6.56. The number of hydrogen-bond acceptors (Lipinski definition) is 7. The first kappa shape index (κ1) is 24.3. The summed E-state index contributed by atoms with van der Waals surface area (Å²) in [7, 11) is 0.0374. The van der Waals surface area contributed by atoms with Gasteiger partial charge in [-0.3, -0.25) is 9.48 Å². The van der Waals surface area contributed by atoms with Gasteiger partial charge >= 0.3 is 0 Å². The van der Waals surface area contributed by atoms with E-state index in [0.29, 0.717) is 29.5 Å². The van der Waals surface area contributed by atoms with Gasteiger partial charge in [0.05, 0.1) is 11.5 Å². The van der Waals surface area contributed by atoms with Gasteiger partial charge in [-0.15, -0.1) is 0 Å². The summed E-state index contributed by atoms with van der Waals surface area (Å²) < 4.78 is 41.9. The maximum atomic E-state index is 12.7. The van der Waals surface area contributed by atoms with Crippen molar-refractivity contribution in [1.82, 2.24) is 9.78 Å². The fourth-order valence-electron chi connectivity index (χ4n) is 3.03. The second-order valence-electron chi connectivity index (χ2n) is 7.67. The number of hydrogen-bond donors (Lipinski definition) is 1. The minimum Gasteiger partial charge on any atom is -0.488 e. The molecule has 1 N–H and O–H groups in total. The zero-order valence-electron chi connectivity index (χ0n) is 19.2. The lowest BCUT2D eigenvalue weighted by atomic mass is 10.2. The normalized spacial score (nSPS) is 12.3. The van der Waals surface area contributed by atoms with Gasteiger partial charge in [0.25, 0.3) is 5.91 Å². The van der Waals surface area contributed by atoms with E-state index in [1.807, 2.05) is 13.8 Å². The summed E-state index contributed by atoms with van der Waals surface area (Å²) in [6, 6.07) is 12.8. The number of rotatable bonds is 9. The Balaban J connectivity index is 1.87. The van der Waals surface area contributed by atoms with Crippen molar-refractivity contribution < 1.29 is 27.4 Å². The van der Waals surface area contributed by atoms with Gasteiger partial charge in [0.1, 0.15) is 23.4 Å². The fourth-order valence-corrected chi connectivity index (χ4v) is 3.66. The quantitative estimate of drug-likeness (QED) is 0.506. The smallest absolute Gasteiger partial charge is 0.276 e. The number of sulfone groups is 1. The van der Waals surface area contributed by atoms with Crippen molar-refractivity contribution in [2.75, 3.05) is 25.3 Å². The highest BCUT2D eigenvalue weighted by atomic mass is 32.2. The molecule has 2 aromatic carbocycles. The van der Waals surface area contributed by atoms with Crippen molar-refractivity contribution in [3.05, 3.63) is 59.9 Å². The zero-order chi connectivity index (χ0) is 24.2. The molecule has 1 heterocycles. The van der Waals surface area contributed by atoms with Gasteiger partial charge in [-0.25, -0.2) is 8.42 Å². The maximum absolute atomic E-state index is 12.7. The molecule has 10 heteroatoms.